The molecule has 2 atom stereocenters. The Balaban J connectivity index is 2.09. The fourth-order valence-corrected chi connectivity index (χ4v) is 2.66. The van der Waals surface area contributed by atoms with Gasteiger partial charge in [-0.1, -0.05) is 34.1 Å². The van der Waals surface area contributed by atoms with Gasteiger partial charge in [-0.15, -0.1) is 0 Å². The smallest absolute Gasteiger partial charge is 0.381 e. The van der Waals surface area contributed by atoms with Gasteiger partial charge in [0.05, 0.1) is 12.2 Å². The lowest BCUT2D eigenvalue weighted by molar-refractivity contribution is -0.137. The zero-order valence-corrected chi connectivity index (χ0v) is 11.3. The molecule has 0 N–H and O–H groups in total. The van der Waals surface area contributed by atoms with Crippen LogP contribution in [-0.2, 0) is 17.3 Å². The highest BCUT2D eigenvalue weighted by Crippen LogP contribution is 2.31. The molecule has 0 aromatic heterocycles. The molecule has 0 saturated carbocycles. The van der Waals surface area contributed by atoms with Crippen LogP contribution in [0, 0.1) is 5.92 Å². The second-order valence-electron chi connectivity index (χ2n) is 4.54. The summed E-state index contributed by atoms with van der Waals surface area (Å²) in [6.07, 6.45) is -2.75. The van der Waals surface area contributed by atoms with Gasteiger partial charge in [0.2, 0.25) is 0 Å². The first kappa shape index (κ1) is 13.9. The number of ether oxygens (including phenoxy) is 1. The van der Waals surface area contributed by atoms with Gasteiger partial charge >= 0.3 is 6.18 Å². The minimum Gasteiger partial charge on any atom is -0.381 e. The molecule has 0 radical (unpaired) electrons. The van der Waals surface area contributed by atoms with Gasteiger partial charge in [0.25, 0.3) is 0 Å². The Morgan fingerprint density at radius 3 is 2.78 bits per heavy atom. The van der Waals surface area contributed by atoms with Crippen molar-refractivity contribution >= 4 is 15.9 Å². The number of rotatable bonds is 2. The molecular weight excluding hydrogens is 309 g/mol. The molecule has 0 aliphatic carbocycles. The van der Waals surface area contributed by atoms with Crippen molar-refractivity contribution in [1.29, 1.82) is 0 Å². The van der Waals surface area contributed by atoms with E-state index in [0.29, 0.717) is 23.4 Å². The molecule has 5 heteroatoms. The summed E-state index contributed by atoms with van der Waals surface area (Å²) in [7, 11) is 0. The predicted molar refractivity (Wildman–Crippen MR) is 66.8 cm³/mol. The molecule has 1 aliphatic rings. The zero-order valence-electron chi connectivity index (χ0n) is 9.71. The molecule has 0 bridgehead atoms. The standard InChI is InChI=1S/C13H14BrF3O/c14-12-4-5-18-8-10(12)6-9-2-1-3-11(7-9)13(15,16)17/h1-3,7,10,12H,4-6,8H2. The van der Waals surface area contributed by atoms with Crippen LogP contribution in [0.2, 0.25) is 0 Å². The average molecular weight is 323 g/mol. The molecule has 1 heterocycles. The number of alkyl halides is 4. The maximum Gasteiger partial charge on any atom is 0.416 e. The van der Waals surface area contributed by atoms with Crippen LogP contribution < -0.4 is 0 Å². The average Bonchev–Trinajstić information content (AvgIpc) is 2.31. The molecule has 2 unspecified atom stereocenters. The fraction of sp³-hybridized carbons (Fsp3) is 0.538. The van der Waals surface area contributed by atoms with Gasteiger partial charge in [0.15, 0.2) is 0 Å². The van der Waals surface area contributed by atoms with Crippen molar-refractivity contribution in [2.24, 2.45) is 5.92 Å². The van der Waals surface area contributed by atoms with E-state index in [2.05, 4.69) is 15.9 Å². The van der Waals surface area contributed by atoms with E-state index in [-0.39, 0.29) is 5.92 Å². The minimum atomic E-state index is -4.27. The molecule has 18 heavy (non-hydrogen) atoms. The zero-order chi connectivity index (χ0) is 13.2. The molecular formula is C13H14BrF3O. The number of hydrogen-bond donors (Lipinski definition) is 0. The first-order valence-electron chi connectivity index (χ1n) is 5.85. The Morgan fingerprint density at radius 2 is 2.11 bits per heavy atom. The highest BCUT2D eigenvalue weighted by Gasteiger charge is 2.31. The number of halogens is 4. The fourth-order valence-electron chi connectivity index (χ4n) is 2.13. The molecule has 100 valence electrons. The van der Waals surface area contributed by atoms with E-state index >= 15 is 0 Å². The Bertz CT molecular complexity index is 405. The van der Waals surface area contributed by atoms with Crippen molar-refractivity contribution in [3.05, 3.63) is 35.4 Å². The summed E-state index contributed by atoms with van der Waals surface area (Å²) in [5, 5.41) is 0. The van der Waals surface area contributed by atoms with Gasteiger partial charge in [0, 0.05) is 11.4 Å². The molecule has 1 aromatic rings. The monoisotopic (exact) mass is 322 g/mol. The second kappa shape index (κ2) is 5.61. The van der Waals surface area contributed by atoms with Crippen molar-refractivity contribution < 1.29 is 17.9 Å². The van der Waals surface area contributed by atoms with Gasteiger partial charge in [-0.25, -0.2) is 0 Å². The van der Waals surface area contributed by atoms with Gasteiger partial charge in [0.1, 0.15) is 0 Å². The summed E-state index contributed by atoms with van der Waals surface area (Å²) in [6, 6.07) is 5.54. The molecule has 2 rings (SSSR count). The van der Waals surface area contributed by atoms with Crippen molar-refractivity contribution in [3.63, 3.8) is 0 Å². The van der Waals surface area contributed by atoms with Crippen LogP contribution in [-0.4, -0.2) is 18.0 Å². The summed E-state index contributed by atoms with van der Waals surface area (Å²) < 4.78 is 43.1. The van der Waals surface area contributed by atoms with Crippen LogP contribution >= 0.6 is 15.9 Å². The molecule has 1 fully saturated rings. The van der Waals surface area contributed by atoms with E-state index in [1.807, 2.05) is 0 Å². The van der Waals surface area contributed by atoms with Crippen molar-refractivity contribution in [2.75, 3.05) is 13.2 Å². The Labute approximate surface area is 112 Å². The van der Waals surface area contributed by atoms with Gasteiger partial charge in [-0.05, 0) is 30.4 Å². The third-order valence-electron chi connectivity index (χ3n) is 3.13. The first-order chi connectivity index (χ1) is 8.47. The van der Waals surface area contributed by atoms with E-state index in [1.54, 1.807) is 6.07 Å². The summed E-state index contributed by atoms with van der Waals surface area (Å²) in [4.78, 5) is 0.320. The van der Waals surface area contributed by atoms with E-state index in [0.717, 1.165) is 19.1 Å². The largest absolute Gasteiger partial charge is 0.416 e. The van der Waals surface area contributed by atoms with Crippen molar-refractivity contribution in [3.8, 4) is 0 Å². The summed E-state index contributed by atoms with van der Waals surface area (Å²) in [6.45, 7) is 1.32. The van der Waals surface area contributed by atoms with Gasteiger partial charge < -0.3 is 4.74 Å². The summed E-state index contributed by atoms with van der Waals surface area (Å²) in [5.74, 6) is 0.238. The normalized spacial score (nSPS) is 25.1. The summed E-state index contributed by atoms with van der Waals surface area (Å²) in [5.41, 5.74) is 0.132. The van der Waals surface area contributed by atoms with E-state index < -0.39 is 11.7 Å². The van der Waals surface area contributed by atoms with E-state index in [1.165, 1.54) is 12.1 Å². The molecule has 1 saturated heterocycles. The lowest BCUT2D eigenvalue weighted by Crippen LogP contribution is -2.29. The molecule has 1 aliphatic heterocycles. The van der Waals surface area contributed by atoms with Crippen molar-refractivity contribution in [2.45, 2.75) is 23.8 Å². The summed E-state index contributed by atoms with van der Waals surface area (Å²) >= 11 is 3.57. The molecule has 0 spiro atoms. The highest BCUT2D eigenvalue weighted by atomic mass is 79.9. The lowest BCUT2D eigenvalue weighted by atomic mass is 9.93. The van der Waals surface area contributed by atoms with Gasteiger partial charge in [-0.3, -0.25) is 0 Å². The topological polar surface area (TPSA) is 9.23 Å². The van der Waals surface area contributed by atoms with Crippen LogP contribution in [0.5, 0.6) is 0 Å². The van der Waals surface area contributed by atoms with Crippen molar-refractivity contribution in [1.82, 2.24) is 0 Å². The SMILES string of the molecule is FC(F)(F)c1cccc(CC2COCCC2Br)c1. The Kier molecular flexibility index (Phi) is 4.33. The van der Waals surface area contributed by atoms with Crippen LogP contribution in [0.15, 0.2) is 24.3 Å². The van der Waals surface area contributed by atoms with E-state index in [9.17, 15) is 13.2 Å². The Hall–Kier alpha value is -0.550. The maximum absolute atomic E-state index is 12.6. The second-order valence-corrected chi connectivity index (χ2v) is 5.72. The molecule has 0 amide bonds. The number of benzene rings is 1. The van der Waals surface area contributed by atoms with Crippen LogP contribution in [0.1, 0.15) is 17.5 Å². The maximum atomic E-state index is 12.6. The highest BCUT2D eigenvalue weighted by molar-refractivity contribution is 9.09. The van der Waals surface area contributed by atoms with Crippen LogP contribution in [0.25, 0.3) is 0 Å². The minimum absolute atomic E-state index is 0.238. The lowest BCUT2D eigenvalue weighted by Gasteiger charge is -2.27. The third kappa shape index (κ3) is 3.48. The predicted octanol–water partition coefficient (Wildman–Crippen LogP) is 4.05. The third-order valence-corrected chi connectivity index (χ3v) is 4.34. The number of hydrogen-bond acceptors (Lipinski definition) is 1. The molecule has 1 nitrogen and oxygen atoms in total. The Morgan fingerprint density at radius 1 is 1.33 bits per heavy atom. The van der Waals surface area contributed by atoms with Crippen LogP contribution in [0.4, 0.5) is 13.2 Å². The van der Waals surface area contributed by atoms with Gasteiger partial charge in [-0.2, -0.15) is 13.2 Å². The van der Waals surface area contributed by atoms with E-state index in [4.69, 9.17) is 4.74 Å². The molecule has 1 aromatic carbocycles. The quantitative estimate of drug-likeness (QED) is 0.746. The van der Waals surface area contributed by atoms with Crippen LogP contribution in [0.3, 0.4) is 0 Å². The first-order valence-corrected chi connectivity index (χ1v) is 6.76.